The number of ether oxygens (including phenoxy) is 1. The molecule has 1 aromatic heterocycles. The van der Waals surface area contributed by atoms with E-state index < -0.39 is 35.2 Å². The highest BCUT2D eigenvalue weighted by molar-refractivity contribution is 8.13. The van der Waals surface area contributed by atoms with Gasteiger partial charge in [-0.3, -0.25) is 9.78 Å². The second-order valence-corrected chi connectivity index (χ2v) is 8.68. The minimum Gasteiger partial charge on any atom is -0.379 e. The highest BCUT2D eigenvalue weighted by Crippen LogP contribution is 2.51. The molecule has 166 valence electrons. The molecule has 2 aromatic rings. The number of alkyl halides is 2. The summed E-state index contributed by atoms with van der Waals surface area (Å²) < 4.78 is 48.8. The number of nitrogens with two attached hydrogens (primary N) is 1. The first-order chi connectivity index (χ1) is 15.1. The topological polar surface area (TPSA) is 94.0 Å². The smallest absolute Gasteiger partial charge is 0.274 e. The molecule has 0 aliphatic carbocycles. The molecule has 0 spiro atoms. The Kier molecular flexibility index (Phi) is 5.60. The number of carbonyl (C=O) groups is 1. The standard InChI is InChI=1S/C21H18F3N5O2S/c1-20(23,24)17-14-9-32-19(25)29-21(14,10-31-17)13-7-11(3-5-15(13)22)28-18(30)16-6-4-12(26-2)8-27-16/h3-8,14,17H,9-10H2,1H3,(H2,25,29)(H,28,30)/t14-,17+,21-/m1/s1. The molecule has 0 saturated carbocycles. The van der Waals surface area contributed by atoms with Crippen LogP contribution in [0, 0.1) is 18.3 Å². The van der Waals surface area contributed by atoms with Gasteiger partial charge in [0.15, 0.2) is 5.17 Å². The van der Waals surface area contributed by atoms with Gasteiger partial charge in [0.2, 0.25) is 5.69 Å². The lowest BCUT2D eigenvalue weighted by molar-refractivity contribution is -0.113. The van der Waals surface area contributed by atoms with Crippen LogP contribution in [0.15, 0.2) is 41.5 Å². The van der Waals surface area contributed by atoms with E-state index in [1.807, 2.05) is 0 Å². The zero-order valence-corrected chi connectivity index (χ0v) is 17.6. The lowest BCUT2D eigenvalue weighted by Crippen LogP contribution is -2.46. The molecule has 2 aliphatic rings. The van der Waals surface area contributed by atoms with Crippen molar-refractivity contribution in [3.05, 3.63) is 65.0 Å². The molecule has 3 atom stereocenters. The minimum absolute atomic E-state index is 0.0200. The molecule has 2 aliphatic heterocycles. The fourth-order valence-electron chi connectivity index (χ4n) is 3.99. The Balaban J connectivity index is 1.69. The molecule has 4 rings (SSSR count). The van der Waals surface area contributed by atoms with E-state index in [1.54, 1.807) is 0 Å². The highest BCUT2D eigenvalue weighted by Gasteiger charge is 2.59. The lowest BCUT2D eigenvalue weighted by atomic mass is 9.77. The summed E-state index contributed by atoms with van der Waals surface area (Å²) >= 11 is 1.12. The first kappa shape index (κ1) is 22.1. The Morgan fingerprint density at radius 3 is 2.84 bits per heavy atom. The van der Waals surface area contributed by atoms with Crippen LogP contribution in [0.3, 0.4) is 0 Å². The van der Waals surface area contributed by atoms with Gasteiger partial charge in [-0.2, -0.15) is 0 Å². The van der Waals surface area contributed by atoms with Crippen molar-refractivity contribution in [2.75, 3.05) is 17.7 Å². The number of amidine groups is 1. The van der Waals surface area contributed by atoms with E-state index in [-0.39, 0.29) is 40.2 Å². The number of fused-ring (bicyclic) bond motifs is 1. The van der Waals surface area contributed by atoms with E-state index in [4.69, 9.17) is 17.0 Å². The van der Waals surface area contributed by atoms with Crippen molar-refractivity contribution in [2.45, 2.75) is 24.5 Å². The molecular formula is C21H18F3N5O2S. The zero-order valence-electron chi connectivity index (χ0n) is 16.8. The van der Waals surface area contributed by atoms with Crippen molar-refractivity contribution in [2.24, 2.45) is 16.6 Å². The SMILES string of the molecule is [C-]#[N+]c1ccc(C(=O)Nc2ccc(F)c([C@]34CO[C@H](C(C)(F)F)[C@H]3CSC(N)=N4)c2)nc1. The summed E-state index contributed by atoms with van der Waals surface area (Å²) in [5.74, 6) is -5.02. The number of nitrogens with zero attached hydrogens (tertiary/aromatic N) is 3. The van der Waals surface area contributed by atoms with Crippen molar-refractivity contribution in [1.29, 1.82) is 0 Å². The van der Waals surface area contributed by atoms with Gasteiger partial charge in [-0.15, -0.1) is 0 Å². The van der Waals surface area contributed by atoms with Crippen molar-refractivity contribution >= 4 is 34.2 Å². The molecular weight excluding hydrogens is 443 g/mol. The maximum Gasteiger partial charge on any atom is 0.274 e. The monoisotopic (exact) mass is 461 g/mol. The van der Waals surface area contributed by atoms with E-state index in [2.05, 4.69) is 20.1 Å². The number of carbonyl (C=O) groups excluding carboxylic acids is 1. The number of aliphatic imine (C=N–C) groups is 1. The van der Waals surface area contributed by atoms with Gasteiger partial charge < -0.3 is 15.8 Å². The zero-order chi connectivity index (χ0) is 23.1. The van der Waals surface area contributed by atoms with Crippen LogP contribution in [0.25, 0.3) is 4.85 Å². The van der Waals surface area contributed by atoms with Crippen molar-refractivity contribution in [3.8, 4) is 0 Å². The summed E-state index contributed by atoms with van der Waals surface area (Å²) in [4.78, 5) is 24.0. The fourth-order valence-corrected chi connectivity index (χ4v) is 5.02. The summed E-state index contributed by atoms with van der Waals surface area (Å²) in [5.41, 5.74) is 5.05. The molecule has 1 saturated heterocycles. The van der Waals surface area contributed by atoms with Crippen LogP contribution < -0.4 is 11.1 Å². The number of aromatic nitrogens is 1. The molecule has 32 heavy (non-hydrogen) atoms. The first-order valence-corrected chi connectivity index (χ1v) is 10.5. The molecule has 0 unspecified atom stereocenters. The van der Waals surface area contributed by atoms with Crippen LogP contribution >= 0.6 is 11.8 Å². The Hall–Kier alpha value is -3.10. The fraction of sp³-hybridized carbons (Fsp3) is 0.333. The average molecular weight is 461 g/mol. The molecule has 3 heterocycles. The van der Waals surface area contributed by atoms with Crippen LogP contribution in [0.4, 0.5) is 24.5 Å². The second-order valence-electron chi connectivity index (χ2n) is 7.64. The molecule has 1 fully saturated rings. The number of benzene rings is 1. The summed E-state index contributed by atoms with van der Waals surface area (Å²) in [7, 11) is 0. The van der Waals surface area contributed by atoms with E-state index in [0.717, 1.165) is 24.8 Å². The highest BCUT2D eigenvalue weighted by atomic mass is 32.2. The Labute approximate surface area is 186 Å². The van der Waals surface area contributed by atoms with Gasteiger partial charge in [-0.05, 0) is 24.3 Å². The quantitative estimate of drug-likeness (QED) is 0.673. The van der Waals surface area contributed by atoms with E-state index >= 15 is 0 Å². The Morgan fingerprint density at radius 1 is 1.41 bits per heavy atom. The number of halogens is 3. The van der Waals surface area contributed by atoms with Crippen LogP contribution in [-0.2, 0) is 10.3 Å². The molecule has 1 aromatic carbocycles. The summed E-state index contributed by atoms with van der Waals surface area (Å²) in [6.07, 6.45) is -0.186. The number of hydrogen-bond donors (Lipinski definition) is 2. The molecule has 11 heteroatoms. The average Bonchev–Trinajstić information content (AvgIpc) is 3.15. The van der Waals surface area contributed by atoms with Gasteiger partial charge in [-0.1, -0.05) is 17.8 Å². The predicted octanol–water partition coefficient (Wildman–Crippen LogP) is 3.95. The van der Waals surface area contributed by atoms with Crippen LogP contribution in [0.2, 0.25) is 0 Å². The third kappa shape index (κ3) is 3.91. The predicted molar refractivity (Wildman–Crippen MR) is 114 cm³/mol. The summed E-state index contributed by atoms with van der Waals surface area (Å²) in [6.45, 7) is 7.44. The van der Waals surface area contributed by atoms with E-state index in [0.29, 0.717) is 0 Å². The molecule has 7 nitrogen and oxygen atoms in total. The Bertz CT molecular complexity index is 1130. The van der Waals surface area contributed by atoms with Crippen molar-refractivity contribution < 1.29 is 22.7 Å². The van der Waals surface area contributed by atoms with E-state index in [1.165, 1.54) is 30.5 Å². The summed E-state index contributed by atoms with van der Waals surface area (Å²) in [6, 6.07) is 6.69. The minimum atomic E-state index is -3.15. The number of hydrogen-bond acceptors (Lipinski definition) is 6. The number of pyridine rings is 1. The maximum atomic E-state index is 15.0. The third-order valence-corrected chi connectivity index (χ3v) is 6.39. The maximum absolute atomic E-state index is 15.0. The molecule has 0 bridgehead atoms. The first-order valence-electron chi connectivity index (χ1n) is 9.56. The molecule has 1 amide bonds. The number of anilines is 1. The third-order valence-electron chi connectivity index (χ3n) is 5.48. The van der Waals surface area contributed by atoms with Crippen LogP contribution in [-0.4, -0.2) is 40.4 Å². The largest absolute Gasteiger partial charge is 0.379 e. The van der Waals surface area contributed by atoms with Gasteiger partial charge in [-0.25, -0.2) is 23.0 Å². The number of thioether (sulfide) groups is 1. The Morgan fingerprint density at radius 2 is 2.19 bits per heavy atom. The van der Waals surface area contributed by atoms with Crippen molar-refractivity contribution in [3.63, 3.8) is 0 Å². The number of rotatable bonds is 4. The molecule has 3 N–H and O–H groups in total. The number of amides is 1. The van der Waals surface area contributed by atoms with Crippen molar-refractivity contribution in [1.82, 2.24) is 4.98 Å². The normalized spacial score (nSPS) is 24.9. The van der Waals surface area contributed by atoms with Gasteiger partial charge in [0.05, 0.1) is 13.2 Å². The van der Waals surface area contributed by atoms with Gasteiger partial charge in [0.25, 0.3) is 11.8 Å². The van der Waals surface area contributed by atoms with Gasteiger partial charge in [0, 0.05) is 36.0 Å². The van der Waals surface area contributed by atoms with Gasteiger partial charge >= 0.3 is 0 Å². The van der Waals surface area contributed by atoms with Crippen LogP contribution in [0.1, 0.15) is 23.0 Å². The lowest BCUT2D eigenvalue weighted by Gasteiger charge is -2.37. The van der Waals surface area contributed by atoms with E-state index in [9.17, 15) is 18.0 Å². The second kappa shape index (κ2) is 8.11. The van der Waals surface area contributed by atoms with Crippen LogP contribution in [0.5, 0.6) is 0 Å². The number of nitrogens with one attached hydrogen (secondary N) is 1. The summed E-state index contributed by atoms with van der Waals surface area (Å²) in [5, 5.41) is 2.77. The molecule has 0 radical (unpaired) electrons. The van der Waals surface area contributed by atoms with Gasteiger partial charge in [0.1, 0.15) is 23.2 Å².